The molecule has 0 fully saturated rings. The molecule has 0 bridgehead atoms. The Balaban J connectivity index is 2.72. The molecule has 78 valence electrons. The molecule has 14 heavy (non-hydrogen) atoms. The fraction of sp³-hybridized carbons (Fsp3) is 0.500. The maximum absolute atomic E-state index is 6.06. The minimum absolute atomic E-state index is 0.274. The van der Waals surface area contributed by atoms with Crippen molar-refractivity contribution in [2.24, 2.45) is 0 Å². The topological polar surface area (TPSA) is 50.9 Å². The Bertz CT molecular complexity index is 318. The highest BCUT2D eigenvalue weighted by molar-refractivity contribution is 6.23. The number of anilines is 2. The first-order valence-electron chi connectivity index (χ1n) is 4.53. The molecule has 1 heterocycles. The molecule has 0 aliphatic rings. The molecule has 0 aliphatic carbocycles. The summed E-state index contributed by atoms with van der Waals surface area (Å²) in [5.74, 6) is 0. The van der Waals surface area contributed by atoms with Crippen molar-refractivity contribution in [1.29, 1.82) is 0 Å². The minimum Gasteiger partial charge on any atom is -0.396 e. The van der Waals surface area contributed by atoms with Gasteiger partial charge in [-0.25, -0.2) is 0 Å². The molecule has 0 saturated heterocycles. The number of aromatic nitrogens is 1. The lowest BCUT2D eigenvalue weighted by atomic mass is 10.2. The number of hydrogen-bond donors (Lipinski definition) is 2. The van der Waals surface area contributed by atoms with Crippen molar-refractivity contribution in [3.05, 3.63) is 18.0 Å². The number of nitrogen functional groups attached to an aromatic ring is 1. The van der Waals surface area contributed by atoms with E-state index < -0.39 is 0 Å². The number of alkyl halides is 1. The maximum atomic E-state index is 6.06. The molecule has 3 nitrogen and oxygen atoms in total. The Morgan fingerprint density at radius 2 is 2.21 bits per heavy atom. The number of hydrogen-bond acceptors (Lipinski definition) is 3. The van der Waals surface area contributed by atoms with Gasteiger partial charge in [0.25, 0.3) is 0 Å². The molecule has 0 aromatic carbocycles. The molecule has 3 N–H and O–H groups in total. The molecule has 1 aromatic heterocycles. The van der Waals surface area contributed by atoms with Crippen LogP contribution in [0.3, 0.4) is 0 Å². The van der Waals surface area contributed by atoms with Crippen LogP contribution in [0.15, 0.2) is 12.3 Å². The van der Waals surface area contributed by atoms with Crippen LogP contribution in [0, 0.1) is 6.92 Å². The molecule has 0 unspecified atom stereocenters. The lowest BCUT2D eigenvalue weighted by molar-refractivity contribution is 0.736. The molecular formula is C10H16ClN3. The van der Waals surface area contributed by atoms with Crippen LogP contribution in [-0.4, -0.2) is 16.4 Å². The third-order valence-electron chi connectivity index (χ3n) is 1.77. The van der Waals surface area contributed by atoms with E-state index in [2.05, 4.69) is 10.3 Å². The highest BCUT2D eigenvalue weighted by Gasteiger charge is 2.13. The number of halogens is 1. The molecule has 4 heteroatoms. The molecule has 0 amide bonds. The third-order valence-corrected chi connectivity index (χ3v) is 1.90. The van der Waals surface area contributed by atoms with E-state index in [0.29, 0.717) is 12.2 Å². The van der Waals surface area contributed by atoms with E-state index in [1.165, 1.54) is 0 Å². The van der Waals surface area contributed by atoms with Crippen molar-refractivity contribution in [3.63, 3.8) is 0 Å². The molecule has 0 aliphatic heterocycles. The van der Waals surface area contributed by atoms with Crippen molar-refractivity contribution in [2.75, 3.05) is 17.6 Å². The lowest BCUT2D eigenvalue weighted by Crippen LogP contribution is -2.23. The minimum atomic E-state index is -0.274. The van der Waals surface area contributed by atoms with E-state index in [1.54, 1.807) is 6.20 Å². The number of aryl methyl sites for hydroxylation is 1. The van der Waals surface area contributed by atoms with Gasteiger partial charge in [0.15, 0.2) is 0 Å². The molecule has 0 spiro atoms. The Morgan fingerprint density at radius 3 is 2.79 bits per heavy atom. The Hall–Kier alpha value is -0.960. The van der Waals surface area contributed by atoms with Gasteiger partial charge in [-0.05, 0) is 26.8 Å². The molecule has 1 aromatic rings. The van der Waals surface area contributed by atoms with Crippen LogP contribution in [0.1, 0.15) is 19.5 Å². The van der Waals surface area contributed by atoms with Gasteiger partial charge in [0.1, 0.15) is 0 Å². The second-order valence-electron chi connectivity index (χ2n) is 3.99. The van der Waals surface area contributed by atoms with E-state index in [1.807, 2.05) is 26.8 Å². The Morgan fingerprint density at radius 1 is 1.57 bits per heavy atom. The summed E-state index contributed by atoms with van der Waals surface area (Å²) in [5, 5.41) is 3.20. The standard InChI is InChI=1S/C10H16ClN3/c1-7-4-9(8(12)5-13-7)14-6-10(2,3)11/h4-5H,6,12H2,1-3H3,(H,13,14). The van der Waals surface area contributed by atoms with Gasteiger partial charge >= 0.3 is 0 Å². The van der Waals surface area contributed by atoms with E-state index >= 15 is 0 Å². The van der Waals surface area contributed by atoms with Crippen molar-refractivity contribution < 1.29 is 0 Å². The summed E-state index contributed by atoms with van der Waals surface area (Å²) in [6, 6.07) is 1.91. The van der Waals surface area contributed by atoms with Crippen LogP contribution in [0.4, 0.5) is 11.4 Å². The van der Waals surface area contributed by atoms with Crippen LogP contribution >= 0.6 is 11.6 Å². The second-order valence-corrected chi connectivity index (χ2v) is 5.01. The average molecular weight is 214 g/mol. The number of nitrogens with two attached hydrogens (primary N) is 1. The van der Waals surface area contributed by atoms with E-state index in [4.69, 9.17) is 17.3 Å². The monoisotopic (exact) mass is 213 g/mol. The normalized spacial score (nSPS) is 11.4. The van der Waals surface area contributed by atoms with Crippen molar-refractivity contribution >= 4 is 23.0 Å². The van der Waals surface area contributed by atoms with Crippen molar-refractivity contribution in [3.8, 4) is 0 Å². The zero-order valence-electron chi connectivity index (χ0n) is 8.76. The molecule has 0 radical (unpaired) electrons. The predicted octanol–water partition coefficient (Wildman–Crippen LogP) is 2.40. The summed E-state index contributed by atoms with van der Waals surface area (Å²) < 4.78 is 0. The highest BCUT2D eigenvalue weighted by Crippen LogP contribution is 2.20. The maximum Gasteiger partial charge on any atom is 0.0736 e. The summed E-state index contributed by atoms with van der Waals surface area (Å²) in [6.07, 6.45) is 1.65. The van der Waals surface area contributed by atoms with Crippen LogP contribution in [0.25, 0.3) is 0 Å². The summed E-state index contributed by atoms with van der Waals surface area (Å²) in [7, 11) is 0. The summed E-state index contributed by atoms with van der Waals surface area (Å²) in [6.45, 7) is 6.50. The van der Waals surface area contributed by atoms with Gasteiger partial charge in [-0.2, -0.15) is 0 Å². The quantitative estimate of drug-likeness (QED) is 0.759. The van der Waals surface area contributed by atoms with Crippen LogP contribution in [0.2, 0.25) is 0 Å². The van der Waals surface area contributed by atoms with Crippen LogP contribution in [-0.2, 0) is 0 Å². The lowest BCUT2D eigenvalue weighted by Gasteiger charge is -2.18. The number of nitrogens with one attached hydrogen (secondary N) is 1. The van der Waals surface area contributed by atoms with Gasteiger partial charge in [0.2, 0.25) is 0 Å². The van der Waals surface area contributed by atoms with E-state index in [0.717, 1.165) is 11.4 Å². The number of rotatable bonds is 3. The first-order chi connectivity index (χ1) is 6.38. The fourth-order valence-electron chi connectivity index (χ4n) is 1.03. The zero-order chi connectivity index (χ0) is 10.8. The van der Waals surface area contributed by atoms with Gasteiger partial charge in [0.05, 0.1) is 22.4 Å². The second kappa shape index (κ2) is 4.05. The molecular weight excluding hydrogens is 198 g/mol. The van der Waals surface area contributed by atoms with Crippen molar-refractivity contribution in [2.45, 2.75) is 25.6 Å². The van der Waals surface area contributed by atoms with Gasteiger partial charge in [0, 0.05) is 12.2 Å². The SMILES string of the molecule is Cc1cc(NCC(C)(C)Cl)c(N)cn1. The van der Waals surface area contributed by atoms with Gasteiger partial charge in [-0.1, -0.05) is 0 Å². The van der Waals surface area contributed by atoms with Gasteiger partial charge in [-0.3, -0.25) is 4.98 Å². The average Bonchev–Trinajstić information content (AvgIpc) is 2.05. The Kier molecular flexibility index (Phi) is 3.21. The summed E-state index contributed by atoms with van der Waals surface area (Å²) in [5.41, 5.74) is 8.23. The van der Waals surface area contributed by atoms with Gasteiger partial charge < -0.3 is 11.1 Å². The van der Waals surface area contributed by atoms with Crippen molar-refractivity contribution in [1.82, 2.24) is 4.98 Å². The van der Waals surface area contributed by atoms with Gasteiger partial charge in [-0.15, -0.1) is 11.6 Å². The first kappa shape index (κ1) is 11.1. The largest absolute Gasteiger partial charge is 0.396 e. The molecule has 0 saturated carbocycles. The predicted molar refractivity (Wildman–Crippen MR) is 61.8 cm³/mol. The highest BCUT2D eigenvalue weighted by atomic mass is 35.5. The number of pyridine rings is 1. The van der Waals surface area contributed by atoms with Crippen LogP contribution in [0.5, 0.6) is 0 Å². The third kappa shape index (κ3) is 3.42. The summed E-state index contributed by atoms with van der Waals surface area (Å²) >= 11 is 6.06. The molecule has 1 rings (SSSR count). The van der Waals surface area contributed by atoms with E-state index in [9.17, 15) is 0 Å². The fourth-order valence-corrected chi connectivity index (χ4v) is 1.10. The molecule has 0 atom stereocenters. The van der Waals surface area contributed by atoms with Crippen LogP contribution < -0.4 is 11.1 Å². The zero-order valence-corrected chi connectivity index (χ0v) is 9.52. The Labute approximate surface area is 89.7 Å². The summed E-state index contributed by atoms with van der Waals surface area (Å²) in [4.78, 5) is 3.81. The number of nitrogens with zero attached hydrogens (tertiary/aromatic N) is 1. The van der Waals surface area contributed by atoms with E-state index in [-0.39, 0.29) is 4.87 Å². The first-order valence-corrected chi connectivity index (χ1v) is 4.91. The smallest absolute Gasteiger partial charge is 0.0736 e.